The van der Waals surface area contributed by atoms with Crippen LogP contribution in [0.2, 0.25) is 15.1 Å². The van der Waals surface area contributed by atoms with E-state index in [4.69, 9.17) is 39.5 Å². The van der Waals surface area contributed by atoms with E-state index in [0.717, 1.165) is 16.8 Å². The lowest BCUT2D eigenvalue weighted by Crippen LogP contribution is -2.27. The molecule has 0 aromatic heterocycles. The molecule has 1 fully saturated rings. The summed E-state index contributed by atoms with van der Waals surface area (Å²) in [6.45, 7) is 0.326. The molecule has 148 valence electrons. The molecule has 4 rings (SSSR count). The molecule has 1 aliphatic rings. The van der Waals surface area contributed by atoms with Gasteiger partial charge in [-0.15, -0.1) is 11.8 Å². The van der Waals surface area contributed by atoms with Crippen molar-refractivity contribution in [3.63, 3.8) is 0 Å². The van der Waals surface area contributed by atoms with E-state index in [-0.39, 0.29) is 11.3 Å². The summed E-state index contributed by atoms with van der Waals surface area (Å²) in [6.07, 6.45) is 0. The van der Waals surface area contributed by atoms with Crippen molar-refractivity contribution < 1.29 is 9.53 Å². The second-order valence-corrected chi connectivity index (χ2v) is 8.79. The summed E-state index contributed by atoms with van der Waals surface area (Å²) >= 11 is 20.2. The van der Waals surface area contributed by atoms with Crippen LogP contribution in [0.25, 0.3) is 0 Å². The maximum absolute atomic E-state index is 12.5. The van der Waals surface area contributed by atoms with Crippen molar-refractivity contribution in [2.24, 2.45) is 0 Å². The standard InChI is InChI=1S/C22H16Cl3NO2S/c23-16-6-8-17(9-7-16)26-21(27)13-29-22(26)14-5-10-20(19(25)11-14)28-12-15-3-1-2-4-18(15)24/h1-11,22H,12-13H2/t22-/m0/s1. The number of ether oxygens (including phenoxy) is 1. The maximum Gasteiger partial charge on any atom is 0.238 e. The molecule has 3 aromatic rings. The van der Waals surface area contributed by atoms with Gasteiger partial charge in [-0.25, -0.2) is 0 Å². The Kier molecular flexibility index (Phi) is 6.26. The molecule has 0 N–H and O–H groups in total. The number of rotatable bonds is 5. The number of thioether (sulfide) groups is 1. The van der Waals surface area contributed by atoms with Crippen molar-refractivity contribution in [2.45, 2.75) is 12.0 Å². The zero-order valence-electron chi connectivity index (χ0n) is 15.1. The van der Waals surface area contributed by atoms with Crippen LogP contribution in [0.5, 0.6) is 5.75 Å². The molecule has 0 bridgehead atoms. The number of anilines is 1. The van der Waals surface area contributed by atoms with Gasteiger partial charge in [-0.3, -0.25) is 9.69 Å². The number of carbonyl (C=O) groups is 1. The van der Waals surface area contributed by atoms with E-state index in [2.05, 4.69) is 0 Å². The molecular weight excluding hydrogens is 449 g/mol. The molecule has 0 radical (unpaired) electrons. The lowest BCUT2D eigenvalue weighted by Gasteiger charge is -2.25. The van der Waals surface area contributed by atoms with E-state index >= 15 is 0 Å². The molecule has 1 atom stereocenters. The minimum absolute atomic E-state index is 0.0532. The molecule has 29 heavy (non-hydrogen) atoms. The Bertz CT molecular complexity index is 1040. The quantitative estimate of drug-likeness (QED) is 0.407. The number of hydrogen-bond donors (Lipinski definition) is 0. The summed E-state index contributed by atoms with van der Waals surface area (Å²) in [4.78, 5) is 14.3. The van der Waals surface area contributed by atoms with Gasteiger partial charge < -0.3 is 4.74 Å². The Morgan fingerprint density at radius 1 is 0.966 bits per heavy atom. The Morgan fingerprint density at radius 2 is 1.72 bits per heavy atom. The van der Waals surface area contributed by atoms with E-state index in [1.807, 2.05) is 54.6 Å². The number of carbonyl (C=O) groups excluding carboxylic acids is 1. The Balaban J connectivity index is 1.54. The molecule has 1 amide bonds. The average molecular weight is 465 g/mol. The largest absolute Gasteiger partial charge is 0.487 e. The smallest absolute Gasteiger partial charge is 0.238 e. The van der Waals surface area contributed by atoms with Gasteiger partial charge in [0.25, 0.3) is 0 Å². The van der Waals surface area contributed by atoms with E-state index in [1.165, 1.54) is 0 Å². The highest BCUT2D eigenvalue weighted by atomic mass is 35.5. The summed E-state index contributed by atoms with van der Waals surface area (Å²) in [6, 6.07) is 20.4. The third-order valence-electron chi connectivity index (χ3n) is 4.55. The molecule has 0 aliphatic carbocycles. The Labute approximate surface area is 188 Å². The predicted molar refractivity (Wildman–Crippen MR) is 121 cm³/mol. The van der Waals surface area contributed by atoms with Gasteiger partial charge in [0.05, 0.1) is 10.8 Å². The maximum atomic E-state index is 12.5. The third-order valence-corrected chi connectivity index (χ3v) is 6.68. The zero-order valence-corrected chi connectivity index (χ0v) is 18.2. The van der Waals surface area contributed by atoms with Gasteiger partial charge >= 0.3 is 0 Å². The fraction of sp³-hybridized carbons (Fsp3) is 0.136. The van der Waals surface area contributed by atoms with Crippen LogP contribution in [0.3, 0.4) is 0 Å². The molecule has 3 aromatic carbocycles. The Morgan fingerprint density at radius 3 is 2.45 bits per heavy atom. The van der Waals surface area contributed by atoms with Gasteiger partial charge in [0.15, 0.2) is 0 Å². The zero-order chi connectivity index (χ0) is 20.4. The van der Waals surface area contributed by atoms with Gasteiger partial charge in [0, 0.05) is 21.3 Å². The fourth-order valence-corrected chi connectivity index (χ4v) is 4.84. The second-order valence-electron chi connectivity index (χ2n) is 6.47. The SMILES string of the molecule is O=C1CS[C@@H](c2ccc(OCc3ccccc3Cl)c(Cl)c2)N1c1ccc(Cl)cc1. The molecule has 1 saturated heterocycles. The van der Waals surface area contributed by atoms with Crippen LogP contribution in [0.15, 0.2) is 66.7 Å². The normalized spacial score (nSPS) is 16.3. The van der Waals surface area contributed by atoms with Crippen LogP contribution in [0.1, 0.15) is 16.5 Å². The van der Waals surface area contributed by atoms with Crippen molar-refractivity contribution in [2.75, 3.05) is 10.7 Å². The fourth-order valence-electron chi connectivity index (χ4n) is 3.11. The van der Waals surface area contributed by atoms with Crippen LogP contribution in [0, 0.1) is 0 Å². The summed E-state index contributed by atoms with van der Waals surface area (Å²) in [5, 5.41) is 1.62. The molecular formula is C22H16Cl3NO2S. The number of hydrogen-bond acceptors (Lipinski definition) is 3. The Hall–Kier alpha value is -1.85. The van der Waals surface area contributed by atoms with Gasteiger partial charge in [0.2, 0.25) is 5.91 Å². The summed E-state index contributed by atoms with van der Waals surface area (Å²) in [5.74, 6) is 1.04. The van der Waals surface area contributed by atoms with Crippen LogP contribution in [-0.2, 0) is 11.4 Å². The van der Waals surface area contributed by atoms with Gasteiger partial charge in [-0.1, -0.05) is 59.1 Å². The van der Waals surface area contributed by atoms with E-state index in [9.17, 15) is 4.79 Å². The molecule has 1 aliphatic heterocycles. The van der Waals surface area contributed by atoms with E-state index in [1.54, 1.807) is 28.8 Å². The number of nitrogens with zero attached hydrogens (tertiary/aromatic N) is 1. The lowest BCUT2D eigenvalue weighted by atomic mass is 10.1. The predicted octanol–water partition coefficient (Wildman–Crippen LogP) is 7.00. The molecule has 1 heterocycles. The summed E-state index contributed by atoms with van der Waals surface area (Å²) < 4.78 is 5.85. The van der Waals surface area contributed by atoms with Gasteiger partial charge in [-0.05, 0) is 48.0 Å². The first-order valence-corrected chi connectivity index (χ1v) is 11.1. The van der Waals surface area contributed by atoms with E-state index < -0.39 is 0 Å². The first kappa shape index (κ1) is 20.4. The first-order chi connectivity index (χ1) is 14.0. The van der Waals surface area contributed by atoms with Crippen LogP contribution in [-0.4, -0.2) is 11.7 Å². The highest BCUT2D eigenvalue weighted by Crippen LogP contribution is 2.43. The van der Waals surface area contributed by atoms with Gasteiger partial charge in [-0.2, -0.15) is 0 Å². The summed E-state index contributed by atoms with van der Waals surface area (Å²) in [5.41, 5.74) is 2.63. The van der Waals surface area contributed by atoms with Crippen LogP contribution >= 0.6 is 46.6 Å². The molecule has 7 heteroatoms. The molecule has 3 nitrogen and oxygen atoms in total. The topological polar surface area (TPSA) is 29.5 Å². The number of amides is 1. The third kappa shape index (κ3) is 4.51. The monoisotopic (exact) mass is 463 g/mol. The van der Waals surface area contributed by atoms with Crippen molar-refractivity contribution >= 4 is 58.2 Å². The average Bonchev–Trinajstić information content (AvgIpc) is 3.10. The van der Waals surface area contributed by atoms with Crippen molar-refractivity contribution in [1.29, 1.82) is 0 Å². The second kappa shape index (κ2) is 8.88. The van der Waals surface area contributed by atoms with Crippen LogP contribution in [0.4, 0.5) is 5.69 Å². The van der Waals surface area contributed by atoms with Crippen molar-refractivity contribution in [1.82, 2.24) is 0 Å². The molecule has 0 spiro atoms. The van der Waals surface area contributed by atoms with Crippen LogP contribution < -0.4 is 9.64 Å². The van der Waals surface area contributed by atoms with Crippen molar-refractivity contribution in [3.05, 3.63) is 92.9 Å². The molecule has 0 saturated carbocycles. The number of halogens is 3. The van der Waals surface area contributed by atoms with Crippen molar-refractivity contribution in [3.8, 4) is 5.75 Å². The summed E-state index contributed by atoms with van der Waals surface area (Å²) in [7, 11) is 0. The minimum atomic E-state index is -0.154. The molecule has 0 unspecified atom stereocenters. The van der Waals surface area contributed by atoms with E-state index in [0.29, 0.717) is 33.2 Å². The highest BCUT2D eigenvalue weighted by molar-refractivity contribution is 8.00. The first-order valence-electron chi connectivity index (χ1n) is 8.88. The minimum Gasteiger partial charge on any atom is -0.487 e. The van der Waals surface area contributed by atoms with Gasteiger partial charge in [0.1, 0.15) is 17.7 Å². The number of benzene rings is 3. The lowest BCUT2D eigenvalue weighted by molar-refractivity contribution is -0.115. The highest BCUT2D eigenvalue weighted by Gasteiger charge is 2.34.